The number of alkyl halides is 6. The first-order valence-electron chi connectivity index (χ1n) is 12.5. The molecule has 4 rings (SSSR count). The molecular weight excluding hydrogens is 560 g/mol. The summed E-state index contributed by atoms with van der Waals surface area (Å²) < 4.78 is 97.3. The van der Waals surface area contributed by atoms with Crippen LogP contribution in [-0.2, 0) is 23.1 Å². The van der Waals surface area contributed by atoms with Gasteiger partial charge in [0.05, 0.1) is 11.5 Å². The number of allylic oxidation sites excluding steroid dienone is 1. The van der Waals surface area contributed by atoms with Crippen molar-refractivity contribution in [3.05, 3.63) is 75.7 Å². The summed E-state index contributed by atoms with van der Waals surface area (Å²) in [5.41, 5.74) is -6.04. The van der Waals surface area contributed by atoms with Crippen LogP contribution in [0, 0.1) is 10.1 Å². The maximum atomic E-state index is 14.8. The monoisotopic (exact) mass is 585 g/mol. The molecule has 0 spiro atoms. The predicted molar refractivity (Wildman–Crippen MR) is 134 cm³/mol. The van der Waals surface area contributed by atoms with Crippen LogP contribution in [0.3, 0.4) is 0 Å². The van der Waals surface area contributed by atoms with Gasteiger partial charge in [-0.1, -0.05) is 42.5 Å². The molecule has 1 aromatic carbocycles. The van der Waals surface area contributed by atoms with Gasteiger partial charge in [-0.2, -0.15) is 26.3 Å². The third kappa shape index (κ3) is 6.19. The molecular formula is C26H25F6N5O4. The van der Waals surface area contributed by atoms with Gasteiger partial charge in [0.25, 0.3) is 11.8 Å². The zero-order valence-electron chi connectivity index (χ0n) is 21.9. The highest BCUT2D eigenvalue weighted by Gasteiger charge is 2.61. The molecule has 1 aliphatic rings. The average Bonchev–Trinajstić information content (AvgIpc) is 3.38. The maximum absolute atomic E-state index is 14.8. The van der Waals surface area contributed by atoms with E-state index in [1.807, 2.05) is 0 Å². The lowest BCUT2D eigenvalue weighted by atomic mass is 9.95. The first-order valence-corrected chi connectivity index (χ1v) is 12.5. The number of nitro groups is 1. The van der Waals surface area contributed by atoms with Gasteiger partial charge in [0, 0.05) is 18.7 Å². The van der Waals surface area contributed by atoms with Gasteiger partial charge in [-0.15, -0.1) is 10.2 Å². The van der Waals surface area contributed by atoms with Crippen LogP contribution >= 0.6 is 0 Å². The summed E-state index contributed by atoms with van der Waals surface area (Å²) in [7, 11) is 0. The Bertz CT molecular complexity index is 1410. The summed E-state index contributed by atoms with van der Waals surface area (Å²) in [4.78, 5) is 15.9. The summed E-state index contributed by atoms with van der Waals surface area (Å²) in [6.07, 6.45) is -7.79. The largest absolute Gasteiger partial charge is 0.426 e. The van der Waals surface area contributed by atoms with Gasteiger partial charge in [0.15, 0.2) is 0 Å². The van der Waals surface area contributed by atoms with E-state index in [4.69, 9.17) is 9.15 Å². The fraction of sp³-hybridized carbons (Fsp3) is 0.423. The number of halogens is 6. The molecule has 2 aromatic heterocycles. The Morgan fingerprint density at radius 3 is 2.39 bits per heavy atom. The number of benzene rings is 1. The zero-order chi connectivity index (χ0) is 30.0. The zero-order valence-corrected chi connectivity index (χ0v) is 21.9. The highest BCUT2D eigenvalue weighted by atomic mass is 19.4. The average molecular weight is 586 g/mol. The number of aromatic nitrogens is 3. The van der Waals surface area contributed by atoms with E-state index in [1.54, 1.807) is 44.2 Å². The summed E-state index contributed by atoms with van der Waals surface area (Å²) in [5, 5.41) is 18.9. The number of ether oxygens (including phenoxy) is 1. The molecule has 220 valence electrons. The van der Waals surface area contributed by atoms with Crippen LogP contribution in [0.5, 0.6) is 0 Å². The van der Waals surface area contributed by atoms with E-state index >= 15 is 0 Å². The second kappa shape index (κ2) is 11.5. The highest BCUT2D eigenvalue weighted by Crippen LogP contribution is 2.47. The van der Waals surface area contributed by atoms with Crippen molar-refractivity contribution in [3.8, 4) is 11.6 Å². The van der Waals surface area contributed by atoms with Crippen molar-refractivity contribution in [3.63, 3.8) is 0 Å². The fourth-order valence-electron chi connectivity index (χ4n) is 4.41. The number of hydrogen-bond donors (Lipinski definition) is 0. The summed E-state index contributed by atoms with van der Waals surface area (Å²) >= 11 is 0. The lowest BCUT2D eigenvalue weighted by molar-refractivity contribution is -0.384. The summed E-state index contributed by atoms with van der Waals surface area (Å²) in [6, 6.07) is 7.79. The molecule has 3 aromatic rings. The number of pyridine rings is 1. The van der Waals surface area contributed by atoms with Crippen LogP contribution < -0.4 is 4.90 Å². The fourth-order valence-corrected chi connectivity index (χ4v) is 4.41. The number of anilines is 1. The number of nitrogens with zero attached hydrogens (tertiary/aromatic N) is 5. The van der Waals surface area contributed by atoms with Gasteiger partial charge >= 0.3 is 18.0 Å². The van der Waals surface area contributed by atoms with E-state index in [0.29, 0.717) is 5.56 Å². The minimum atomic E-state index is -5.09. The topological polar surface area (TPSA) is 107 Å². The second-order valence-electron chi connectivity index (χ2n) is 9.58. The van der Waals surface area contributed by atoms with Crippen molar-refractivity contribution >= 4 is 11.5 Å². The predicted octanol–water partition coefficient (Wildman–Crippen LogP) is 6.99. The van der Waals surface area contributed by atoms with Crippen LogP contribution in [0.15, 0.2) is 53.0 Å². The van der Waals surface area contributed by atoms with Gasteiger partial charge in [0.2, 0.25) is 11.3 Å². The molecule has 1 unspecified atom stereocenters. The molecule has 0 radical (unpaired) electrons. The minimum absolute atomic E-state index is 0.00843. The molecule has 9 nitrogen and oxygen atoms in total. The van der Waals surface area contributed by atoms with Gasteiger partial charge in [-0.25, -0.2) is 4.98 Å². The molecule has 0 amide bonds. The van der Waals surface area contributed by atoms with Crippen molar-refractivity contribution < 1.29 is 40.4 Å². The van der Waals surface area contributed by atoms with E-state index in [0.717, 1.165) is 0 Å². The molecule has 0 aliphatic carbocycles. The molecule has 1 atom stereocenters. The van der Waals surface area contributed by atoms with E-state index in [1.165, 1.54) is 17.1 Å². The number of fused-ring (bicyclic) bond motifs is 5. The second-order valence-corrected chi connectivity index (χ2v) is 9.58. The van der Waals surface area contributed by atoms with E-state index < -0.39 is 76.5 Å². The normalized spacial score (nSPS) is 19.2. The van der Waals surface area contributed by atoms with E-state index in [9.17, 15) is 36.5 Å². The van der Waals surface area contributed by atoms with Gasteiger partial charge in [-0.05, 0) is 38.7 Å². The maximum Gasteiger partial charge on any atom is 0.426 e. The standard InChI is InChI=1S/C26H25F6N5O4/c1-16(2)36-13-9-4-3-8-12-24(26(30,31)32,40-15-17-10-6-5-7-11-17)23-35-34-22(41-23)20-19(37(38)39)14-18(21(36)33-20)25(27,28)29/h3-7,10-11,14,16H,8-9,12-13,15H2,1-2H3/b4-3-. The number of hydrogen-bond acceptors (Lipinski definition) is 8. The smallest absolute Gasteiger partial charge is 0.415 e. The van der Waals surface area contributed by atoms with Crippen LogP contribution in [0.1, 0.15) is 50.1 Å². The summed E-state index contributed by atoms with van der Waals surface area (Å²) in [5.74, 6) is -2.56. The van der Waals surface area contributed by atoms with Crippen LogP contribution in [0.25, 0.3) is 11.6 Å². The molecule has 4 bridgehead atoms. The van der Waals surface area contributed by atoms with Crippen LogP contribution in [0.4, 0.5) is 37.8 Å². The Labute approximate surface area is 230 Å². The molecule has 3 heterocycles. The quantitative estimate of drug-likeness (QED) is 0.137. The van der Waals surface area contributed by atoms with Gasteiger partial charge in [-0.3, -0.25) is 10.1 Å². The Balaban J connectivity index is 1.95. The Morgan fingerprint density at radius 2 is 1.78 bits per heavy atom. The first-order chi connectivity index (χ1) is 19.2. The lowest BCUT2D eigenvalue weighted by Gasteiger charge is -2.32. The molecule has 15 heteroatoms. The van der Waals surface area contributed by atoms with E-state index in [-0.39, 0.29) is 25.5 Å². The summed E-state index contributed by atoms with van der Waals surface area (Å²) in [6.45, 7) is 2.73. The van der Waals surface area contributed by atoms with Crippen molar-refractivity contribution in [2.75, 3.05) is 11.4 Å². The molecule has 0 saturated carbocycles. The number of rotatable bonds is 5. The minimum Gasteiger partial charge on any atom is -0.415 e. The highest BCUT2D eigenvalue weighted by molar-refractivity contribution is 5.68. The third-order valence-corrected chi connectivity index (χ3v) is 6.51. The molecule has 1 aliphatic heterocycles. The SMILES string of the molecule is CC(C)N1CC/C=C\CCC(OCc2ccccc2)(C(F)(F)F)c2nnc(o2)-c2nc1c(C(F)(F)F)cc2[N+](=O)[O-]. The Hall–Kier alpha value is -4.01. The lowest BCUT2D eigenvalue weighted by Crippen LogP contribution is -2.45. The van der Waals surface area contributed by atoms with Crippen molar-refractivity contribution in [2.45, 2.75) is 63.7 Å². The van der Waals surface area contributed by atoms with Crippen molar-refractivity contribution in [2.24, 2.45) is 0 Å². The Kier molecular flexibility index (Phi) is 8.38. The molecule has 0 fully saturated rings. The van der Waals surface area contributed by atoms with Gasteiger partial charge < -0.3 is 14.1 Å². The van der Waals surface area contributed by atoms with E-state index in [2.05, 4.69) is 15.2 Å². The molecule has 41 heavy (non-hydrogen) atoms. The first kappa shape index (κ1) is 30.0. The van der Waals surface area contributed by atoms with Crippen LogP contribution in [0.2, 0.25) is 0 Å². The third-order valence-electron chi connectivity index (χ3n) is 6.51. The van der Waals surface area contributed by atoms with Crippen molar-refractivity contribution in [1.82, 2.24) is 15.2 Å². The molecule has 0 N–H and O–H groups in total. The van der Waals surface area contributed by atoms with Crippen molar-refractivity contribution in [1.29, 1.82) is 0 Å². The molecule has 0 saturated heterocycles. The van der Waals surface area contributed by atoms with Crippen LogP contribution in [-0.4, -0.2) is 38.9 Å². The Morgan fingerprint density at radius 1 is 1.10 bits per heavy atom. The van der Waals surface area contributed by atoms with Gasteiger partial charge in [0.1, 0.15) is 11.4 Å².